The Morgan fingerprint density at radius 3 is 2.27 bits per heavy atom. The van der Waals surface area contributed by atoms with E-state index in [1.165, 1.54) is 24.3 Å². The summed E-state index contributed by atoms with van der Waals surface area (Å²) in [6.45, 7) is -0.335. The van der Waals surface area contributed by atoms with E-state index in [2.05, 4.69) is 21.3 Å². The van der Waals surface area contributed by atoms with Crippen molar-refractivity contribution >= 4 is 27.5 Å². The van der Waals surface area contributed by atoms with Crippen LogP contribution in [0.1, 0.15) is 10.4 Å². The van der Waals surface area contributed by atoms with Gasteiger partial charge in [-0.05, 0) is 36.4 Å². The zero-order chi connectivity index (χ0) is 19.0. The van der Waals surface area contributed by atoms with Crippen LogP contribution in [-0.2, 0) is 14.8 Å². The molecule has 8 heteroatoms. The third-order valence-corrected chi connectivity index (χ3v) is 4.68. The Bertz CT molecular complexity index is 917. The lowest BCUT2D eigenvalue weighted by Gasteiger charge is -2.08. The van der Waals surface area contributed by atoms with Crippen LogP contribution in [0.25, 0.3) is 0 Å². The Balaban J connectivity index is 1.92. The highest BCUT2D eigenvalue weighted by Crippen LogP contribution is 2.10. The fourth-order valence-corrected chi connectivity index (χ4v) is 2.93. The zero-order valence-electron chi connectivity index (χ0n) is 13.7. The van der Waals surface area contributed by atoms with Crippen LogP contribution in [-0.4, -0.2) is 33.3 Å². The molecule has 0 aliphatic heterocycles. The van der Waals surface area contributed by atoms with Crippen LogP contribution in [0, 0.1) is 12.3 Å². The first kappa shape index (κ1) is 19.2. The lowest BCUT2D eigenvalue weighted by molar-refractivity contribution is -0.115. The van der Waals surface area contributed by atoms with Crippen LogP contribution in [0.2, 0.25) is 0 Å². The van der Waals surface area contributed by atoms with Gasteiger partial charge >= 0.3 is 0 Å². The number of hydrogen-bond acceptors (Lipinski definition) is 4. The van der Waals surface area contributed by atoms with Crippen molar-refractivity contribution in [2.75, 3.05) is 18.4 Å². The highest BCUT2D eigenvalue weighted by atomic mass is 32.2. The Hall–Kier alpha value is -3.15. The second-order valence-corrected chi connectivity index (χ2v) is 6.92. The molecule has 2 amide bonds. The molecule has 26 heavy (non-hydrogen) atoms. The number of amides is 2. The average molecular weight is 371 g/mol. The number of carbonyl (C=O) groups is 2. The van der Waals surface area contributed by atoms with E-state index in [1.54, 1.807) is 24.3 Å². The molecule has 0 radical (unpaired) electrons. The molecule has 0 unspecified atom stereocenters. The van der Waals surface area contributed by atoms with E-state index in [0.29, 0.717) is 5.69 Å². The number of para-hydroxylation sites is 1. The van der Waals surface area contributed by atoms with Gasteiger partial charge in [-0.1, -0.05) is 24.1 Å². The minimum absolute atomic E-state index is 0.00822. The third kappa shape index (κ3) is 5.44. The van der Waals surface area contributed by atoms with E-state index in [0.717, 1.165) is 0 Å². The van der Waals surface area contributed by atoms with Crippen LogP contribution in [0.3, 0.4) is 0 Å². The van der Waals surface area contributed by atoms with Gasteiger partial charge in [-0.3, -0.25) is 9.59 Å². The lowest BCUT2D eigenvalue weighted by Crippen LogP contribution is -2.32. The van der Waals surface area contributed by atoms with E-state index < -0.39 is 15.9 Å². The summed E-state index contributed by atoms with van der Waals surface area (Å²) in [6, 6.07) is 14.1. The standard InChI is InChI=1S/C18H17N3O4S/c1-2-12-20-26(24,25)16-10-8-14(9-11-16)18(23)19-13-17(22)21-15-6-4-3-5-7-15/h1,3-11,20H,12-13H2,(H,19,23)(H,21,22). The number of carbonyl (C=O) groups excluding carboxylic acids is 2. The quantitative estimate of drug-likeness (QED) is 0.631. The van der Waals surface area contributed by atoms with Crippen molar-refractivity contribution in [3.63, 3.8) is 0 Å². The minimum Gasteiger partial charge on any atom is -0.343 e. The van der Waals surface area contributed by atoms with Crippen molar-refractivity contribution in [1.82, 2.24) is 10.0 Å². The summed E-state index contributed by atoms with van der Waals surface area (Å²) >= 11 is 0. The van der Waals surface area contributed by atoms with Gasteiger partial charge < -0.3 is 10.6 Å². The van der Waals surface area contributed by atoms with Crippen molar-refractivity contribution in [2.45, 2.75) is 4.90 Å². The van der Waals surface area contributed by atoms with Crippen LogP contribution in [0.4, 0.5) is 5.69 Å². The van der Waals surface area contributed by atoms with Gasteiger partial charge in [0.15, 0.2) is 0 Å². The largest absolute Gasteiger partial charge is 0.343 e. The molecular weight excluding hydrogens is 354 g/mol. The van der Waals surface area contributed by atoms with Gasteiger partial charge in [0.2, 0.25) is 15.9 Å². The van der Waals surface area contributed by atoms with Crippen molar-refractivity contribution in [1.29, 1.82) is 0 Å². The van der Waals surface area contributed by atoms with Crippen molar-refractivity contribution < 1.29 is 18.0 Å². The molecule has 0 spiro atoms. The molecule has 0 saturated heterocycles. The first-order valence-corrected chi connectivity index (χ1v) is 9.07. The number of hydrogen-bond donors (Lipinski definition) is 3. The summed E-state index contributed by atoms with van der Waals surface area (Å²) in [6.07, 6.45) is 5.02. The summed E-state index contributed by atoms with van der Waals surface area (Å²) in [5, 5.41) is 5.11. The summed E-state index contributed by atoms with van der Waals surface area (Å²) in [5.41, 5.74) is 0.856. The van der Waals surface area contributed by atoms with E-state index in [1.807, 2.05) is 6.07 Å². The molecule has 0 aromatic heterocycles. The number of sulfonamides is 1. The van der Waals surface area contributed by atoms with Gasteiger partial charge in [-0.25, -0.2) is 8.42 Å². The molecule has 0 bridgehead atoms. The van der Waals surface area contributed by atoms with Crippen molar-refractivity contribution in [3.05, 3.63) is 60.2 Å². The SMILES string of the molecule is C#CCNS(=O)(=O)c1ccc(C(=O)NCC(=O)Nc2ccccc2)cc1. The van der Waals surface area contributed by atoms with Gasteiger partial charge in [0.25, 0.3) is 5.91 Å². The third-order valence-electron chi connectivity index (χ3n) is 3.26. The van der Waals surface area contributed by atoms with Crippen LogP contribution >= 0.6 is 0 Å². The molecular formula is C18H17N3O4S. The number of benzene rings is 2. The molecule has 2 aromatic rings. The number of anilines is 1. The maximum atomic E-state index is 12.1. The Kier molecular flexibility index (Phi) is 6.49. The van der Waals surface area contributed by atoms with E-state index in [4.69, 9.17) is 6.42 Å². The molecule has 3 N–H and O–H groups in total. The van der Waals surface area contributed by atoms with E-state index in [9.17, 15) is 18.0 Å². The highest BCUT2D eigenvalue weighted by molar-refractivity contribution is 7.89. The minimum atomic E-state index is -3.71. The molecule has 2 rings (SSSR count). The average Bonchev–Trinajstić information content (AvgIpc) is 2.65. The Morgan fingerprint density at radius 1 is 1.00 bits per heavy atom. The van der Waals surface area contributed by atoms with Crippen LogP contribution < -0.4 is 15.4 Å². The van der Waals surface area contributed by atoms with E-state index >= 15 is 0 Å². The fourth-order valence-electron chi connectivity index (χ4n) is 1.99. The molecule has 0 saturated carbocycles. The summed E-state index contributed by atoms with van der Waals surface area (Å²) in [5.74, 6) is 1.31. The molecule has 0 aliphatic rings. The number of rotatable bonds is 7. The number of nitrogens with one attached hydrogen (secondary N) is 3. The predicted molar refractivity (Wildman–Crippen MR) is 97.9 cm³/mol. The van der Waals surface area contributed by atoms with Gasteiger partial charge in [0, 0.05) is 11.3 Å². The van der Waals surface area contributed by atoms with Crippen molar-refractivity contribution in [3.8, 4) is 12.3 Å². The van der Waals surface area contributed by atoms with Gasteiger partial charge in [-0.2, -0.15) is 4.72 Å². The Morgan fingerprint density at radius 2 is 1.65 bits per heavy atom. The summed E-state index contributed by atoms with van der Waals surface area (Å²) < 4.78 is 26.0. The topological polar surface area (TPSA) is 104 Å². The molecule has 7 nitrogen and oxygen atoms in total. The maximum Gasteiger partial charge on any atom is 0.251 e. The molecule has 0 atom stereocenters. The molecule has 0 aliphatic carbocycles. The second kappa shape index (κ2) is 8.80. The molecule has 0 heterocycles. The lowest BCUT2D eigenvalue weighted by atomic mass is 10.2. The van der Waals surface area contributed by atoms with Crippen LogP contribution in [0.5, 0.6) is 0 Å². The smallest absolute Gasteiger partial charge is 0.251 e. The van der Waals surface area contributed by atoms with Gasteiger partial charge in [0.05, 0.1) is 18.0 Å². The first-order chi connectivity index (χ1) is 12.4. The normalized spacial score (nSPS) is 10.6. The van der Waals surface area contributed by atoms with Crippen LogP contribution in [0.15, 0.2) is 59.5 Å². The molecule has 134 valence electrons. The fraction of sp³-hybridized carbons (Fsp3) is 0.111. The first-order valence-electron chi connectivity index (χ1n) is 7.58. The number of terminal acetylenes is 1. The van der Waals surface area contributed by atoms with Gasteiger partial charge in [0.1, 0.15) is 0 Å². The molecule has 2 aromatic carbocycles. The predicted octanol–water partition coefficient (Wildman–Crippen LogP) is 0.967. The molecule has 0 fully saturated rings. The maximum absolute atomic E-state index is 12.1. The second-order valence-electron chi connectivity index (χ2n) is 5.15. The highest BCUT2D eigenvalue weighted by Gasteiger charge is 2.14. The van der Waals surface area contributed by atoms with E-state index in [-0.39, 0.29) is 29.5 Å². The monoisotopic (exact) mass is 371 g/mol. The summed E-state index contributed by atoms with van der Waals surface area (Å²) in [7, 11) is -3.71. The summed E-state index contributed by atoms with van der Waals surface area (Å²) in [4.78, 5) is 23.8. The zero-order valence-corrected chi connectivity index (χ0v) is 14.5. The Labute approximate surface area is 151 Å². The van der Waals surface area contributed by atoms with Gasteiger partial charge in [-0.15, -0.1) is 6.42 Å². The van der Waals surface area contributed by atoms with Crippen molar-refractivity contribution in [2.24, 2.45) is 0 Å².